The molecular formula is C12H15F3N2O2. The van der Waals surface area contributed by atoms with Gasteiger partial charge in [-0.25, -0.2) is 0 Å². The summed E-state index contributed by atoms with van der Waals surface area (Å²) in [7, 11) is 0. The van der Waals surface area contributed by atoms with E-state index in [1.54, 1.807) is 12.1 Å². The van der Waals surface area contributed by atoms with Crippen LogP contribution in [-0.2, 0) is 9.63 Å². The highest BCUT2D eigenvalue weighted by Crippen LogP contribution is 2.14. The highest BCUT2D eigenvalue weighted by molar-refractivity contribution is 5.94. The quantitative estimate of drug-likeness (QED) is 0.812. The zero-order chi connectivity index (χ0) is 14.5. The number of hydrogen-bond acceptors (Lipinski definition) is 3. The standard InChI is InChI=1S/C12H15F3N2O2/c1-8-3-5-10(6-4-8)16-11(18)9(2)17-19-7-12(13,14)15/h3-6,9,17H,7H2,1-2H3,(H,16,18). The van der Waals surface area contributed by atoms with Gasteiger partial charge in [-0.1, -0.05) is 17.7 Å². The minimum Gasteiger partial charge on any atom is -0.325 e. The lowest BCUT2D eigenvalue weighted by Crippen LogP contribution is -2.39. The minimum absolute atomic E-state index is 0.481. The Kier molecular flexibility index (Phi) is 5.31. The maximum Gasteiger partial charge on any atom is 0.413 e. The van der Waals surface area contributed by atoms with E-state index in [0.29, 0.717) is 5.69 Å². The molecule has 7 heteroatoms. The maximum absolute atomic E-state index is 11.8. The Hall–Kier alpha value is -1.60. The first-order chi connectivity index (χ1) is 8.78. The molecule has 0 bridgehead atoms. The van der Waals surface area contributed by atoms with Crippen molar-refractivity contribution in [3.8, 4) is 0 Å². The molecule has 0 saturated heterocycles. The van der Waals surface area contributed by atoms with E-state index in [0.717, 1.165) is 5.56 Å². The number of aryl methyl sites for hydroxylation is 1. The van der Waals surface area contributed by atoms with Crippen LogP contribution >= 0.6 is 0 Å². The van der Waals surface area contributed by atoms with Crippen molar-refractivity contribution in [2.75, 3.05) is 11.9 Å². The molecule has 19 heavy (non-hydrogen) atoms. The van der Waals surface area contributed by atoms with Gasteiger partial charge in [-0.05, 0) is 26.0 Å². The van der Waals surface area contributed by atoms with Gasteiger partial charge in [0.05, 0.1) is 0 Å². The molecule has 1 atom stereocenters. The molecule has 1 unspecified atom stereocenters. The smallest absolute Gasteiger partial charge is 0.325 e. The molecule has 0 heterocycles. The Bertz CT molecular complexity index is 418. The molecule has 1 rings (SSSR count). The van der Waals surface area contributed by atoms with E-state index in [1.807, 2.05) is 24.5 Å². The molecule has 0 aliphatic carbocycles. The molecule has 0 aliphatic heterocycles. The van der Waals surface area contributed by atoms with Crippen molar-refractivity contribution < 1.29 is 22.8 Å². The molecule has 1 amide bonds. The average molecular weight is 276 g/mol. The van der Waals surface area contributed by atoms with Crippen LogP contribution in [0.5, 0.6) is 0 Å². The minimum atomic E-state index is -4.43. The van der Waals surface area contributed by atoms with Gasteiger partial charge in [0, 0.05) is 5.69 Å². The van der Waals surface area contributed by atoms with E-state index >= 15 is 0 Å². The number of nitrogens with one attached hydrogen (secondary N) is 2. The third kappa shape index (κ3) is 6.21. The molecule has 0 spiro atoms. The SMILES string of the molecule is Cc1ccc(NC(=O)C(C)NOCC(F)(F)F)cc1. The third-order valence-electron chi connectivity index (χ3n) is 2.21. The van der Waals surface area contributed by atoms with Crippen molar-refractivity contribution >= 4 is 11.6 Å². The number of amides is 1. The first-order valence-corrected chi connectivity index (χ1v) is 5.59. The number of benzene rings is 1. The van der Waals surface area contributed by atoms with Crippen LogP contribution in [0.3, 0.4) is 0 Å². The van der Waals surface area contributed by atoms with Crippen LogP contribution in [-0.4, -0.2) is 24.7 Å². The fourth-order valence-electron chi connectivity index (χ4n) is 1.19. The highest BCUT2D eigenvalue weighted by Gasteiger charge is 2.28. The van der Waals surface area contributed by atoms with Gasteiger partial charge in [0.2, 0.25) is 5.91 Å². The number of halogens is 3. The van der Waals surface area contributed by atoms with Crippen LogP contribution in [0.25, 0.3) is 0 Å². The molecule has 1 aromatic carbocycles. The van der Waals surface area contributed by atoms with E-state index in [4.69, 9.17) is 0 Å². The van der Waals surface area contributed by atoms with E-state index in [1.165, 1.54) is 6.92 Å². The Balaban J connectivity index is 2.38. The lowest BCUT2D eigenvalue weighted by atomic mass is 10.2. The Labute approximate surface area is 108 Å². The van der Waals surface area contributed by atoms with Crippen LogP contribution in [0, 0.1) is 6.92 Å². The van der Waals surface area contributed by atoms with E-state index in [-0.39, 0.29) is 0 Å². The normalized spacial score (nSPS) is 13.1. The van der Waals surface area contributed by atoms with Crippen LogP contribution in [0.4, 0.5) is 18.9 Å². The first kappa shape index (κ1) is 15.5. The Morgan fingerprint density at radius 1 is 1.32 bits per heavy atom. The van der Waals surface area contributed by atoms with Gasteiger partial charge in [-0.2, -0.15) is 18.7 Å². The summed E-state index contributed by atoms with van der Waals surface area (Å²) in [5, 5.41) is 2.55. The van der Waals surface area contributed by atoms with Crippen molar-refractivity contribution in [2.24, 2.45) is 0 Å². The second kappa shape index (κ2) is 6.53. The first-order valence-electron chi connectivity index (χ1n) is 5.59. The molecule has 4 nitrogen and oxygen atoms in total. The van der Waals surface area contributed by atoms with Crippen LogP contribution in [0.1, 0.15) is 12.5 Å². The van der Waals surface area contributed by atoms with Gasteiger partial charge in [0.1, 0.15) is 6.04 Å². The number of hydroxylamine groups is 1. The van der Waals surface area contributed by atoms with Crippen molar-refractivity contribution in [1.29, 1.82) is 0 Å². The third-order valence-corrected chi connectivity index (χ3v) is 2.21. The molecule has 2 N–H and O–H groups in total. The van der Waals surface area contributed by atoms with Gasteiger partial charge in [-0.15, -0.1) is 0 Å². The number of carbonyl (C=O) groups is 1. The maximum atomic E-state index is 11.8. The van der Waals surface area contributed by atoms with E-state index in [2.05, 4.69) is 10.2 Å². The zero-order valence-corrected chi connectivity index (χ0v) is 10.5. The lowest BCUT2D eigenvalue weighted by molar-refractivity contribution is -0.192. The monoisotopic (exact) mass is 276 g/mol. The van der Waals surface area contributed by atoms with Crippen molar-refractivity contribution in [1.82, 2.24) is 5.48 Å². The summed E-state index contributed by atoms with van der Waals surface area (Å²) in [4.78, 5) is 15.8. The van der Waals surface area contributed by atoms with Gasteiger partial charge >= 0.3 is 6.18 Å². The molecule has 0 saturated carbocycles. The number of carbonyl (C=O) groups excluding carboxylic acids is 1. The van der Waals surface area contributed by atoms with E-state index in [9.17, 15) is 18.0 Å². The zero-order valence-electron chi connectivity index (χ0n) is 10.5. The summed E-state index contributed by atoms with van der Waals surface area (Å²) < 4.78 is 35.5. The van der Waals surface area contributed by atoms with E-state index < -0.39 is 24.7 Å². The topological polar surface area (TPSA) is 50.4 Å². The predicted molar refractivity (Wildman–Crippen MR) is 64.4 cm³/mol. The molecule has 0 fully saturated rings. The number of hydrogen-bond donors (Lipinski definition) is 2. The lowest BCUT2D eigenvalue weighted by Gasteiger charge is -2.15. The van der Waals surface area contributed by atoms with Gasteiger partial charge in [0.25, 0.3) is 0 Å². The van der Waals surface area contributed by atoms with Crippen LogP contribution < -0.4 is 10.8 Å². The number of anilines is 1. The average Bonchev–Trinajstić information content (AvgIpc) is 2.30. The predicted octanol–water partition coefficient (Wildman–Crippen LogP) is 2.41. The molecule has 1 aromatic rings. The fraction of sp³-hybridized carbons (Fsp3) is 0.417. The summed E-state index contributed by atoms with van der Waals surface area (Å²) in [6, 6.07) is 6.14. The second-order valence-electron chi connectivity index (χ2n) is 4.10. The van der Waals surface area contributed by atoms with Gasteiger partial charge < -0.3 is 5.32 Å². The van der Waals surface area contributed by atoms with Crippen molar-refractivity contribution in [3.05, 3.63) is 29.8 Å². The Morgan fingerprint density at radius 2 is 1.89 bits per heavy atom. The summed E-state index contributed by atoms with van der Waals surface area (Å²) >= 11 is 0. The molecular weight excluding hydrogens is 261 g/mol. The molecule has 106 valence electrons. The summed E-state index contributed by atoms with van der Waals surface area (Å²) in [5.41, 5.74) is 3.65. The Morgan fingerprint density at radius 3 is 2.42 bits per heavy atom. The van der Waals surface area contributed by atoms with Crippen LogP contribution in [0.2, 0.25) is 0 Å². The summed E-state index contributed by atoms with van der Waals surface area (Å²) in [6.07, 6.45) is -4.43. The molecule has 0 aromatic heterocycles. The molecule has 0 aliphatic rings. The highest BCUT2D eigenvalue weighted by atomic mass is 19.4. The fourth-order valence-corrected chi connectivity index (χ4v) is 1.19. The number of rotatable bonds is 5. The second-order valence-corrected chi connectivity index (χ2v) is 4.10. The van der Waals surface area contributed by atoms with Crippen LogP contribution in [0.15, 0.2) is 24.3 Å². The molecule has 0 radical (unpaired) electrons. The van der Waals surface area contributed by atoms with Crippen molar-refractivity contribution in [2.45, 2.75) is 26.1 Å². The summed E-state index contributed by atoms with van der Waals surface area (Å²) in [6.45, 7) is 1.86. The number of alkyl halides is 3. The van der Waals surface area contributed by atoms with Crippen molar-refractivity contribution in [3.63, 3.8) is 0 Å². The largest absolute Gasteiger partial charge is 0.413 e. The van der Waals surface area contributed by atoms with Gasteiger partial charge in [-0.3, -0.25) is 9.63 Å². The summed E-state index contributed by atoms with van der Waals surface area (Å²) in [5.74, 6) is -0.481. The van der Waals surface area contributed by atoms with Gasteiger partial charge in [0.15, 0.2) is 6.61 Å².